The minimum atomic E-state index is -1.02. The van der Waals surface area contributed by atoms with Crippen LogP contribution in [0.2, 0.25) is 0 Å². The molecule has 1 amide bonds. The molecule has 0 radical (unpaired) electrons. The van der Waals surface area contributed by atoms with E-state index in [-0.39, 0.29) is 18.2 Å². The zero-order valence-corrected chi connectivity index (χ0v) is 12.9. The number of carbonyl (C=O) groups is 1. The number of hydrogen-bond acceptors (Lipinski definition) is 5. The Morgan fingerprint density at radius 1 is 1.25 bits per heavy atom. The van der Waals surface area contributed by atoms with Crippen LogP contribution in [0, 0.1) is 0 Å². The second-order valence-corrected chi connectivity index (χ2v) is 6.56. The molecule has 3 atom stereocenters. The Kier molecular flexibility index (Phi) is 4.01. The van der Waals surface area contributed by atoms with Crippen molar-refractivity contribution >= 4 is 6.09 Å². The first-order chi connectivity index (χ1) is 9.24. The summed E-state index contributed by atoms with van der Waals surface area (Å²) in [6, 6.07) is -0.332. The third kappa shape index (κ3) is 2.52. The number of ether oxygens (including phenoxy) is 3. The van der Waals surface area contributed by atoms with Crippen LogP contribution in [0.4, 0.5) is 4.79 Å². The van der Waals surface area contributed by atoms with Crippen molar-refractivity contribution in [2.45, 2.75) is 69.6 Å². The van der Waals surface area contributed by atoms with Crippen LogP contribution in [-0.2, 0) is 14.2 Å². The number of amides is 1. The van der Waals surface area contributed by atoms with Crippen molar-refractivity contribution in [3.63, 3.8) is 0 Å². The lowest BCUT2D eigenvalue weighted by Gasteiger charge is -2.47. The molecule has 1 N–H and O–H groups in total. The van der Waals surface area contributed by atoms with Crippen LogP contribution in [0.3, 0.4) is 0 Å². The van der Waals surface area contributed by atoms with Gasteiger partial charge in [0.25, 0.3) is 0 Å². The fourth-order valence-corrected chi connectivity index (χ4v) is 3.26. The molecule has 6 heteroatoms. The number of aliphatic hydroxyl groups is 1. The summed E-state index contributed by atoms with van der Waals surface area (Å²) in [5.41, 5.74) is -0.543. The summed E-state index contributed by atoms with van der Waals surface area (Å²) in [4.78, 5) is 14.0. The lowest BCUT2D eigenvalue weighted by Crippen LogP contribution is -2.64. The highest BCUT2D eigenvalue weighted by atomic mass is 16.7. The average Bonchev–Trinajstić information content (AvgIpc) is 2.70. The predicted molar refractivity (Wildman–Crippen MR) is 72.3 cm³/mol. The smallest absolute Gasteiger partial charge is 0.410 e. The number of nitrogens with zero attached hydrogens (tertiary/aromatic N) is 1. The van der Waals surface area contributed by atoms with Gasteiger partial charge in [-0.15, -0.1) is 0 Å². The molecule has 0 spiro atoms. The topological polar surface area (TPSA) is 68.2 Å². The molecule has 0 aromatic carbocycles. The number of carbonyl (C=O) groups excluding carboxylic acids is 1. The van der Waals surface area contributed by atoms with E-state index in [0.29, 0.717) is 6.42 Å². The van der Waals surface area contributed by atoms with Gasteiger partial charge in [-0.25, -0.2) is 4.79 Å². The van der Waals surface area contributed by atoms with Gasteiger partial charge in [0.2, 0.25) is 0 Å². The third-order valence-corrected chi connectivity index (χ3v) is 4.18. The van der Waals surface area contributed by atoms with Gasteiger partial charge in [-0.1, -0.05) is 0 Å². The largest absolute Gasteiger partial charge is 0.444 e. The summed E-state index contributed by atoms with van der Waals surface area (Å²) < 4.78 is 16.2. The molecule has 2 bridgehead atoms. The van der Waals surface area contributed by atoms with Crippen molar-refractivity contribution < 1.29 is 24.1 Å². The average molecular weight is 287 g/mol. The van der Waals surface area contributed by atoms with Gasteiger partial charge in [0.1, 0.15) is 11.7 Å². The summed E-state index contributed by atoms with van der Waals surface area (Å²) in [6.07, 6.45) is 0.778. The quantitative estimate of drug-likeness (QED) is 0.780. The van der Waals surface area contributed by atoms with E-state index in [0.717, 1.165) is 12.8 Å². The van der Waals surface area contributed by atoms with Crippen LogP contribution in [-0.4, -0.2) is 59.9 Å². The maximum absolute atomic E-state index is 12.3. The van der Waals surface area contributed by atoms with E-state index in [9.17, 15) is 9.90 Å². The predicted octanol–water partition coefficient (Wildman–Crippen LogP) is 1.51. The number of aliphatic hydroxyl groups excluding tert-OH is 1. The molecule has 0 unspecified atom stereocenters. The van der Waals surface area contributed by atoms with Crippen molar-refractivity contribution in [1.29, 1.82) is 0 Å². The van der Waals surface area contributed by atoms with E-state index in [1.165, 1.54) is 14.2 Å². The fraction of sp³-hybridized carbons (Fsp3) is 0.929. The van der Waals surface area contributed by atoms with E-state index in [4.69, 9.17) is 14.2 Å². The Balaban J connectivity index is 2.19. The van der Waals surface area contributed by atoms with Crippen LogP contribution in [0.15, 0.2) is 0 Å². The molecule has 2 rings (SSSR count). The molecular weight excluding hydrogens is 262 g/mol. The van der Waals surface area contributed by atoms with Crippen molar-refractivity contribution in [3.8, 4) is 0 Å². The van der Waals surface area contributed by atoms with Crippen molar-refractivity contribution in [1.82, 2.24) is 4.90 Å². The summed E-state index contributed by atoms with van der Waals surface area (Å²) in [7, 11) is 3.05. The number of hydrogen-bond donors (Lipinski definition) is 1. The van der Waals surface area contributed by atoms with E-state index in [1.807, 2.05) is 20.8 Å². The summed E-state index contributed by atoms with van der Waals surface area (Å²) in [6.45, 7) is 5.51. The molecule has 2 aliphatic heterocycles. The van der Waals surface area contributed by atoms with Gasteiger partial charge in [-0.05, 0) is 33.6 Å². The van der Waals surface area contributed by atoms with E-state index in [2.05, 4.69) is 0 Å². The van der Waals surface area contributed by atoms with E-state index < -0.39 is 17.5 Å². The SMILES string of the molecule is COC1(OC)C[C@H]2CC[C@@H]([C@H]1O)N2C(=O)OC(C)(C)C. The minimum Gasteiger partial charge on any atom is -0.444 e. The number of methoxy groups -OCH3 is 2. The maximum Gasteiger partial charge on any atom is 0.410 e. The zero-order chi connectivity index (χ0) is 15.1. The Bertz CT molecular complexity index is 374. The molecule has 0 aliphatic carbocycles. The molecule has 0 aromatic rings. The van der Waals surface area contributed by atoms with Gasteiger partial charge in [-0.3, -0.25) is 4.90 Å². The van der Waals surface area contributed by atoms with Gasteiger partial charge in [0, 0.05) is 26.7 Å². The molecular formula is C14H25NO5. The van der Waals surface area contributed by atoms with Gasteiger partial charge in [-0.2, -0.15) is 0 Å². The highest BCUT2D eigenvalue weighted by Gasteiger charge is 2.58. The first-order valence-electron chi connectivity index (χ1n) is 7.04. The van der Waals surface area contributed by atoms with Gasteiger partial charge >= 0.3 is 6.09 Å². The second kappa shape index (κ2) is 5.16. The lowest BCUT2D eigenvalue weighted by molar-refractivity contribution is -0.289. The van der Waals surface area contributed by atoms with Gasteiger partial charge < -0.3 is 19.3 Å². The summed E-state index contributed by atoms with van der Waals surface area (Å²) in [5, 5.41) is 10.5. The Morgan fingerprint density at radius 2 is 1.85 bits per heavy atom. The molecule has 20 heavy (non-hydrogen) atoms. The number of piperidine rings is 1. The fourth-order valence-electron chi connectivity index (χ4n) is 3.26. The van der Waals surface area contributed by atoms with Crippen LogP contribution >= 0.6 is 0 Å². The first kappa shape index (κ1) is 15.5. The van der Waals surface area contributed by atoms with Crippen LogP contribution < -0.4 is 0 Å². The maximum atomic E-state index is 12.3. The van der Waals surface area contributed by atoms with Crippen LogP contribution in [0.1, 0.15) is 40.0 Å². The standard InChI is InChI=1S/C14H25NO5/c1-13(2,3)20-12(17)15-9-6-7-10(15)11(16)14(8-9,18-4)19-5/h9-11,16H,6-8H2,1-5H3/t9-,10+,11-/m1/s1. The highest BCUT2D eigenvalue weighted by molar-refractivity contribution is 5.70. The van der Waals surface area contributed by atoms with E-state index >= 15 is 0 Å². The molecule has 2 fully saturated rings. The first-order valence-corrected chi connectivity index (χ1v) is 7.04. The minimum absolute atomic E-state index is 0.0156. The Hall–Kier alpha value is -0.850. The van der Waals surface area contributed by atoms with Gasteiger partial charge in [0.15, 0.2) is 5.79 Å². The second-order valence-electron chi connectivity index (χ2n) is 6.56. The molecule has 2 saturated heterocycles. The Labute approximate surface area is 120 Å². The highest BCUT2D eigenvalue weighted by Crippen LogP contribution is 2.43. The molecule has 2 heterocycles. The van der Waals surface area contributed by atoms with Crippen LogP contribution in [0.5, 0.6) is 0 Å². The lowest BCUT2D eigenvalue weighted by atomic mass is 9.93. The summed E-state index contributed by atoms with van der Waals surface area (Å²) in [5.74, 6) is -1.02. The number of fused-ring (bicyclic) bond motifs is 2. The summed E-state index contributed by atoms with van der Waals surface area (Å²) >= 11 is 0. The van der Waals surface area contributed by atoms with Gasteiger partial charge in [0.05, 0.1) is 6.04 Å². The number of rotatable bonds is 2. The zero-order valence-electron chi connectivity index (χ0n) is 12.9. The molecule has 116 valence electrons. The van der Waals surface area contributed by atoms with Crippen molar-refractivity contribution in [2.24, 2.45) is 0 Å². The third-order valence-electron chi connectivity index (χ3n) is 4.18. The van der Waals surface area contributed by atoms with E-state index in [1.54, 1.807) is 4.90 Å². The monoisotopic (exact) mass is 287 g/mol. The molecule has 0 saturated carbocycles. The molecule has 6 nitrogen and oxygen atoms in total. The normalized spacial score (nSPS) is 32.3. The van der Waals surface area contributed by atoms with Crippen LogP contribution in [0.25, 0.3) is 0 Å². The molecule has 2 aliphatic rings. The Morgan fingerprint density at radius 3 is 2.35 bits per heavy atom. The molecule has 0 aromatic heterocycles. The van der Waals surface area contributed by atoms with Crippen molar-refractivity contribution in [3.05, 3.63) is 0 Å². The van der Waals surface area contributed by atoms with Crippen molar-refractivity contribution in [2.75, 3.05) is 14.2 Å².